The van der Waals surface area contributed by atoms with E-state index in [0.717, 1.165) is 18.5 Å². The van der Waals surface area contributed by atoms with Gasteiger partial charge in [0, 0.05) is 13.2 Å². The fraction of sp³-hybridized carbons (Fsp3) is 0.364. The molecule has 0 fully saturated rings. The van der Waals surface area contributed by atoms with Gasteiger partial charge >= 0.3 is 0 Å². The van der Waals surface area contributed by atoms with Gasteiger partial charge in [-0.05, 0) is 28.4 Å². The van der Waals surface area contributed by atoms with Gasteiger partial charge in [-0.15, -0.1) is 0 Å². The Morgan fingerprint density at radius 1 is 1.53 bits per heavy atom. The normalized spacial score (nSPS) is 10.8. The third-order valence-electron chi connectivity index (χ3n) is 2.37. The van der Waals surface area contributed by atoms with E-state index in [2.05, 4.69) is 37.9 Å². The van der Waals surface area contributed by atoms with Gasteiger partial charge in [0.05, 0.1) is 5.69 Å². The molecule has 17 heavy (non-hydrogen) atoms. The maximum absolute atomic E-state index is 11.7. The van der Waals surface area contributed by atoms with Crippen molar-refractivity contribution < 1.29 is 0 Å². The molecule has 2 heterocycles. The molecule has 0 aromatic carbocycles. The summed E-state index contributed by atoms with van der Waals surface area (Å²) in [6, 6.07) is 1.82. The number of hydrogen-bond donors (Lipinski definition) is 1. The first-order valence-electron chi connectivity index (χ1n) is 5.40. The molecule has 0 bridgehead atoms. The second-order valence-electron chi connectivity index (χ2n) is 3.80. The van der Waals surface area contributed by atoms with Gasteiger partial charge in [0.25, 0.3) is 5.56 Å². The van der Waals surface area contributed by atoms with Gasteiger partial charge in [0.1, 0.15) is 10.2 Å². The van der Waals surface area contributed by atoms with Gasteiger partial charge in [0.2, 0.25) is 0 Å². The van der Waals surface area contributed by atoms with Crippen LogP contribution in [-0.4, -0.2) is 19.7 Å². The number of H-pyrrole nitrogens is 1. The Balaban J connectivity index is 2.52. The monoisotopic (exact) mass is 296 g/mol. The van der Waals surface area contributed by atoms with Crippen molar-refractivity contribution in [3.63, 3.8) is 0 Å². The van der Waals surface area contributed by atoms with Crippen LogP contribution in [0.5, 0.6) is 0 Å². The lowest BCUT2D eigenvalue weighted by Crippen LogP contribution is -2.13. The van der Waals surface area contributed by atoms with E-state index >= 15 is 0 Å². The Kier molecular flexibility index (Phi) is 3.42. The summed E-state index contributed by atoms with van der Waals surface area (Å²) >= 11 is 3.26. The molecular formula is C11H13BrN4O. The number of hydrogen-bond acceptors (Lipinski definition) is 3. The molecule has 2 aromatic rings. The van der Waals surface area contributed by atoms with E-state index in [-0.39, 0.29) is 5.56 Å². The molecule has 5 nitrogen and oxygen atoms in total. The van der Waals surface area contributed by atoms with Gasteiger partial charge in [-0.2, -0.15) is 5.10 Å². The molecule has 0 aliphatic heterocycles. The Morgan fingerprint density at radius 2 is 2.29 bits per heavy atom. The van der Waals surface area contributed by atoms with Crippen LogP contribution in [0, 0.1) is 0 Å². The molecule has 90 valence electrons. The topological polar surface area (TPSA) is 63.6 Å². The summed E-state index contributed by atoms with van der Waals surface area (Å²) in [5.41, 5.74) is 1.29. The maximum atomic E-state index is 11.7. The van der Waals surface area contributed by atoms with Crippen LogP contribution in [0.4, 0.5) is 0 Å². The number of aromatic amines is 1. The maximum Gasteiger partial charge on any atom is 0.265 e. The lowest BCUT2D eigenvalue weighted by atomic mass is 10.2. The highest BCUT2D eigenvalue weighted by Gasteiger charge is 2.11. The van der Waals surface area contributed by atoms with Crippen LogP contribution >= 0.6 is 15.9 Å². The number of halogens is 1. The zero-order valence-electron chi connectivity index (χ0n) is 9.70. The SMILES string of the molecule is CCCc1nc(-c2ccn(C)n2)[nH]c(=O)c1Br. The first-order valence-corrected chi connectivity index (χ1v) is 6.20. The number of nitrogens with zero attached hydrogens (tertiary/aromatic N) is 3. The smallest absolute Gasteiger partial charge is 0.265 e. The number of nitrogens with one attached hydrogen (secondary N) is 1. The van der Waals surface area contributed by atoms with E-state index in [1.807, 2.05) is 19.3 Å². The molecule has 6 heteroatoms. The minimum Gasteiger partial charge on any atom is -0.304 e. The highest BCUT2D eigenvalue weighted by molar-refractivity contribution is 9.10. The second-order valence-corrected chi connectivity index (χ2v) is 4.59. The molecule has 0 radical (unpaired) electrons. The summed E-state index contributed by atoms with van der Waals surface area (Å²) < 4.78 is 2.19. The lowest BCUT2D eigenvalue weighted by Gasteiger charge is -2.03. The van der Waals surface area contributed by atoms with E-state index in [9.17, 15) is 4.79 Å². The molecule has 0 aliphatic carbocycles. The zero-order chi connectivity index (χ0) is 12.4. The van der Waals surface area contributed by atoms with E-state index in [1.54, 1.807) is 4.68 Å². The molecule has 0 saturated carbocycles. The molecule has 0 spiro atoms. The minimum absolute atomic E-state index is 0.163. The van der Waals surface area contributed by atoms with Crippen molar-refractivity contribution in [1.29, 1.82) is 0 Å². The largest absolute Gasteiger partial charge is 0.304 e. The third-order valence-corrected chi connectivity index (χ3v) is 3.19. The van der Waals surface area contributed by atoms with Crippen LogP contribution in [0.1, 0.15) is 19.0 Å². The fourth-order valence-corrected chi connectivity index (χ4v) is 1.96. The standard InChI is InChI=1S/C11H13BrN4O/c1-3-4-7-9(12)11(17)14-10(13-7)8-5-6-16(2)15-8/h5-6H,3-4H2,1-2H3,(H,13,14,17). The molecular weight excluding hydrogens is 284 g/mol. The molecule has 0 unspecified atom stereocenters. The molecule has 0 atom stereocenters. The van der Waals surface area contributed by atoms with Crippen molar-refractivity contribution in [3.8, 4) is 11.5 Å². The summed E-state index contributed by atoms with van der Waals surface area (Å²) in [6.07, 6.45) is 3.53. The first-order chi connectivity index (χ1) is 8.11. The molecule has 0 aliphatic rings. The van der Waals surface area contributed by atoms with Crippen molar-refractivity contribution in [1.82, 2.24) is 19.7 Å². The first kappa shape index (κ1) is 12.0. The Hall–Kier alpha value is -1.43. The molecule has 2 aromatic heterocycles. The minimum atomic E-state index is -0.163. The quantitative estimate of drug-likeness (QED) is 0.941. The number of aryl methyl sites for hydroxylation is 2. The lowest BCUT2D eigenvalue weighted by molar-refractivity contribution is 0.766. The van der Waals surface area contributed by atoms with Gasteiger partial charge in [-0.3, -0.25) is 9.48 Å². The summed E-state index contributed by atoms with van der Waals surface area (Å²) in [5, 5.41) is 4.22. The van der Waals surface area contributed by atoms with E-state index in [0.29, 0.717) is 16.0 Å². The third kappa shape index (κ3) is 2.46. The Labute approximate surface area is 107 Å². The van der Waals surface area contributed by atoms with Crippen LogP contribution in [0.25, 0.3) is 11.5 Å². The van der Waals surface area contributed by atoms with Crippen molar-refractivity contribution in [2.75, 3.05) is 0 Å². The van der Waals surface area contributed by atoms with Crippen LogP contribution < -0.4 is 5.56 Å². The summed E-state index contributed by atoms with van der Waals surface area (Å²) in [4.78, 5) is 18.9. The van der Waals surface area contributed by atoms with E-state index in [1.165, 1.54) is 0 Å². The average molecular weight is 297 g/mol. The van der Waals surface area contributed by atoms with Crippen LogP contribution in [-0.2, 0) is 13.5 Å². The predicted molar refractivity (Wildman–Crippen MR) is 68.8 cm³/mol. The zero-order valence-corrected chi connectivity index (χ0v) is 11.3. The van der Waals surface area contributed by atoms with Gasteiger partial charge < -0.3 is 4.98 Å². The molecule has 1 N–H and O–H groups in total. The van der Waals surface area contributed by atoms with Gasteiger partial charge in [0.15, 0.2) is 5.82 Å². The highest BCUT2D eigenvalue weighted by atomic mass is 79.9. The van der Waals surface area contributed by atoms with Gasteiger partial charge in [-0.1, -0.05) is 13.3 Å². The molecule has 0 saturated heterocycles. The number of aromatic nitrogens is 4. The molecule has 2 rings (SSSR count). The Morgan fingerprint density at radius 3 is 2.88 bits per heavy atom. The van der Waals surface area contributed by atoms with Crippen LogP contribution in [0.2, 0.25) is 0 Å². The van der Waals surface area contributed by atoms with E-state index in [4.69, 9.17) is 0 Å². The van der Waals surface area contributed by atoms with Crippen molar-refractivity contribution in [2.24, 2.45) is 7.05 Å². The second kappa shape index (κ2) is 4.83. The Bertz CT molecular complexity index is 587. The predicted octanol–water partition coefficient (Wildman–Crippen LogP) is 1.89. The van der Waals surface area contributed by atoms with Crippen LogP contribution in [0.15, 0.2) is 21.5 Å². The van der Waals surface area contributed by atoms with Crippen molar-refractivity contribution in [3.05, 3.63) is 32.8 Å². The van der Waals surface area contributed by atoms with Gasteiger partial charge in [-0.25, -0.2) is 4.98 Å². The summed E-state index contributed by atoms with van der Waals surface area (Å²) in [6.45, 7) is 2.05. The highest BCUT2D eigenvalue weighted by Crippen LogP contribution is 2.16. The fourth-order valence-electron chi connectivity index (χ4n) is 1.57. The summed E-state index contributed by atoms with van der Waals surface area (Å²) in [5.74, 6) is 0.516. The number of rotatable bonds is 3. The van der Waals surface area contributed by atoms with Crippen molar-refractivity contribution >= 4 is 15.9 Å². The molecule has 0 amide bonds. The summed E-state index contributed by atoms with van der Waals surface area (Å²) in [7, 11) is 1.83. The van der Waals surface area contributed by atoms with Crippen LogP contribution in [0.3, 0.4) is 0 Å². The van der Waals surface area contributed by atoms with Crippen molar-refractivity contribution in [2.45, 2.75) is 19.8 Å². The van der Waals surface area contributed by atoms with E-state index < -0.39 is 0 Å². The average Bonchev–Trinajstić information content (AvgIpc) is 2.71.